The van der Waals surface area contributed by atoms with Gasteiger partial charge in [-0.05, 0) is 180 Å². The molecule has 2 fully saturated rings. The average molecular weight is 1150 g/mol. The van der Waals surface area contributed by atoms with Gasteiger partial charge in [-0.25, -0.2) is 0 Å². The number of aryl methyl sites for hydroxylation is 2. The van der Waals surface area contributed by atoms with E-state index in [-0.39, 0.29) is 74.7 Å². The van der Waals surface area contributed by atoms with Crippen molar-refractivity contribution in [3.8, 4) is 22.9 Å². The Balaban J connectivity index is 0.837. The van der Waals surface area contributed by atoms with Crippen molar-refractivity contribution in [1.29, 1.82) is 0 Å². The molecule has 5 atom stereocenters. The topological polar surface area (TPSA) is 154 Å². The molecule has 0 amide bonds. The zero-order valence-electron chi connectivity index (χ0n) is 51.2. The number of fused-ring (bicyclic) bond motifs is 2. The summed E-state index contributed by atoms with van der Waals surface area (Å²) in [5, 5.41) is 42.6. The Bertz CT molecular complexity index is 3230. The summed E-state index contributed by atoms with van der Waals surface area (Å²) in [6.07, 6.45) is 11.5. The molecule has 0 radical (unpaired) electrons. The molecule has 0 aliphatic heterocycles. The highest BCUT2D eigenvalue weighted by molar-refractivity contribution is 6.31. The van der Waals surface area contributed by atoms with E-state index >= 15 is 0 Å². The van der Waals surface area contributed by atoms with Gasteiger partial charge in [0.1, 0.15) is 44.9 Å². The largest absolute Gasteiger partial charge is 0.505 e. The lowest BCUT2D eigenvalue weighted by Crippen LogP contribution is -2.42. The Hall–Kier alpha value is -5.20. The third kappa shape index (κ3) is 15.1. The van der Waals surface area contributed by atoms with E-state index in [9.17, 15) is 19.8 Å². The molecule has 12 nitrogen and oxygen atoms in total. The van der Waals surface area contributed by atoms with Crippen LogP contribution in [0.5, 0.6) is 11.5 Å². The summed E-state index contributed by atoms with van der Waals surface area (Å²) in [7, 11) is 0. The Morgan fingerprint density at radius 1 is 0.568 bits per heavy atom. The Morgan fingerprint density at radius 3 is 1.52 bits per heavy atom. The second-order valence-corrected chi connectivity index (χ2v) is 30.5. The summed E-state index contributed by atoms with van der Waals surface area (Å²) in [5.41, 5.74) is 6.39. The fraction of sp³-hybridized carbons (Fsp3) is 0.612. The van der Waals surface area contributed by atoms with Crippen LogP contribution in [0.15, 0.2) is 60.7 Å². The van der Waals surface area contributed by atoms with Crippen LogP contribution in [-0.2, 0) is 42.7 Å². The van der Waals surface area contributed by atoms with Gasteiger partial charge in [0.25, 0.3) is 0 Å². The summed E-state index contributed by atoms with van der Waals surface area (Å²) < 4.78 is 12.2. The van der Waals surface area contributed by atoms with E-state index in [4.69, 9.17) is 32.7 Å². The molecule has 0 spiro atoms. The highest BCUT2D eigenvalue weighted by Crippen LogP contribution is 2.59. The number of phenols is 2. The first kappa shape index (κ1) is 61.9. The summed E-state index contributed by atoms with van der Waals surface area (Å²) >= 11 is 12.5. The molecule has 14 heteroatoms. The Labute approximate surface area is 492 Å². The molecule has 5 unspecified atom stereocenters. The van der Waals surface area contributed by atoms with Crippen LogP contribution in [0.25, 0.3) is 33.4 Å². The van der Waals surface area contributed by atoms with E-state index in [0.29, 0.717) is 93.2 Å². The third-order valence-corrected chi connectivity index (χ3v) is 18.9. The van der Waals surface area contributed by atoms with Crippen LogP contribution in [0.2, 0.25) is 10.0 Å². The van der Waals surface area contributed by atoms with Crippen molar-refractivity contribution in [2.45, 2.75) is 198 Å². The smallest absolute Gasteiger partial charge is 0.306 e. The first-order chi connectivity index (χ1) is 37.6. The number of phenolic OH excluding ortho intramolecular Hbond substituents is 2. The van der Waals surface area contributed by atoms with Crippen molar-refractivity contribution >= 4 is 57.2 Å². The molecular weight excluding hydrogens is 1060 g/mol. The molecule has 8 rings (SSSR count). The van der Waals surface area contributed by atoms with Crippen LogP contribution < -0.4 is 0 Å². The minimum atomic E-state index is -0.373. The van der Waals surface area contributed by atoms with Gasteiger partial charge in [0, 0.05) is 34.0 Å². The fourth-order valence-corrected chi connectivity index (χ4v) is 14.0. The maximum Gasteiger partial charge on any atom is 0.306 e. The lowest BCUT2D eigenvalue weighted by Gasteiger charge is -2.49. The van der Waals surface area contributed by atoms with Gasteiger partial charge < -0.3 is 19.7 Å². The fourth-order valence-electron chi connectivity index (χ4n) is 13.6. The van der Waals surface area contributed by atoms with E-state index < -0.39 is 0 Å². The molecule has 2 aliphatic rings. The van der Waals surface area contributed by atoms with Gasteiger partial charge in [-0.3, -0.25) is 9.59 Å². The molecule has 2 saturated carbocycles. The number of esters is 2. The first-order valence-corrected chi connectivity index (χ1v) is 30.5. The quantitative estimate of drug-likeness (QED) is 0.0706. The van der Waals surface area contributed by atoms with Crippen molar-refractivity contribution in [1.82, 2.24) is 30.0 Å². The van der Waals surface area contributed by atoms with E-state index in [1.807, 2.05) is 51.1 Å². The van der Waals surface area contributed by atoms with Crippen molar-refractivity contribution in [2.75, 3.05) is 13.2 Å². The molecule has 2 aliphatic carbocycles. The summed E-state index contributed by atoms with van der Waals surface area (Å²) in [4.78, 5) is 30.0. The normalized spacial score (nSPS) is 19.5. The van der Waals surface area contributed by atoms with E-state index in [1.165, 1.54) is 28.9 Å². The number of carbonyl (C=O) groups excluding carboxylic acids is 2. The average Bonchev–Trinajstić information content (AvgIpc) is 4.21. The molecule has 440 valence electrons. The highest BCUT2D eigenvalue weighted by Gasteiger charge is 2.51. The number of ether oxygens (including phenoxy) is 2. The number of rotatable bonds is 20. The lowest BCUT2D eigenvalue weighted by atomic mass is 9.56. The highest BCUT2D eigenvalue weighted by atomic mass is 35.5. The Morgan fingerprint density at radius 2 is 1.04 bits per heavy atom. The number of halogens is 2. The minimum Gasteiger partial charge on any atom is -0.505 e. The van der Waals surface area contributed by atoms with E-state index in [2.05, 4.69) is 103 Å². The third-order valence-electron chi connectivity index (χ3n) is 18.4. The van der Waals surface area contributed by atoms with Crippen LogP contribution in [0.3, 0.4) is 0 Å². The maximum absolute atomic E-state index is 13.8. The van der Waals surface area contributed by atoms with Gasteiger partial charge >= 0.3 is 11.9 Å². The van der Waals surface area contributed by atoms with E-state index in [0.717, 1.165) is 60.8 Å². The van der Waals surface area contributed by atoms with Crippen LogP contribution in [0.1, 0.15) is 197 Å². The maximum atomic E-state index is 13.8. The van der Waals surface area contributed by atoms with Gasteiger partial charge in [0.15, 0.2) is 0 Å². The van der Waals surface area contributed by atoms with Gasteiger partial charge in [-0.2, -0.15) is 0 Å². The number of aromatic nitrogens is 6. The molecule has 81 heavy (non-hydrogen) atoms. The van der Waals surface area contributed by atoms with Gasteiger partial charge in [-0.15, -0.1) is 30.0 Å². The minimum absolute atomic E-state index is 0.00121. The molecule has 4 aromatic carbocycles. The van der Waals surface area contributed by atoms with Gasteiger partial charge in [-0.1, -0.05) is 152 Å². The lowest BCUT2D eigenvalue weighted by molar-refractivity contribution is -0.146. The number of carbonyl (C=O) groups is 2. The second-order valence-electron chi connectivity index (χ2n) is 29.6. The zero-order chi connectivity index (χ0) is 59.2. The molecule has 2 heterocycles. The van der Waals surface area contributed by atoms with Crippen LogP contribution in [0, 0.1) is 51.2 Å². The van der Waals surface area contributed by atoms with Crippen molar-refractivity contribution in [2.24, 2.45) is 51.2 Å². The summed E-state index contributed by atoms with van der Waals surface area (Å²) in [6, 6.07) is 18.4. The van der Waals surface area contributed by atoms with Crippen molar-refractivity contribution in [3.05, 3.63) is 93.0 Å². The molecule has 0 saturated heterocycles. The van der Waals surface area contributed by atoms with Gasteiger partial charge in [0.05, 0.1) is 13.2 Å². The summed E-state index contributed by atoms with van der Waals surface area (Å²) in [5.74, 6) is 2.33. The number of benzene rings is 4. The molecular formula is C67H92Cl2N6O6. The molecule has 2 aromatic heterocycles. The van der Waals surface area contributed by atoms with Crippen LogP contribution in [0.4, 0.5) is 0 Å². The zero-order valence-corrected chi connectivity index (χ0v) is 52.7. The van der Waals surface area contributed by atoms with Crippen LogP contribution in [-0.4, -0.2) is 65.4 Å². The number of aromatic hydroxyl groups is 2. The first-order valence-electron chi connectivity index (χ1n) is 29.7. The predicted octanol–water partition coefficient (Wildman–Crippen LogP) is 16.9. The van der Waals surface area contributed by atoms with Crippen LogP contribution >= 0.6 is 23.2 Å². The summed E-state index contributed by atoms with van der Waals surface area (Å²) in [6.45, 7) is 34.8. The molecule has 2 N–H and O–H groups in total. The second kappa shape index (κ2) is 23.8. The molecule has 6 aromatic rings. The predicted molar refractivity (Wildman–Crippen MR) is 327 cm³/mol. The Kier molecular flexibility index (Phi) is 18.2. The van der Waals surface area contributed by atoms with Crippen molar-refractivity contribution < 1.29 is 29.3 Å². The van der Waals surface area contributed by atoms with Crippen molar-refractivity contribution in [3.63, 3.8) is 0 Å². The number of hydrogen-bond acceptors (Lipinski definition) is 10. The molecule has 0 bridgehead atoms. The SMILES string of the molecule is CC(C)(C)CC1CC(COC(=O)CCc2cc(-n3nc4ccc(Cl)cc4n3)c(O)c(C(C)(C)C)c2)C(C(C)(C)C(C)(C)CC2CCC(CC(C)(C)CCOC(=O)CCc3cc(-n4nc5ccc(Cl)cc5n4)c(O)c(C(C)(C)C)c3)C2)C1. The number of hydrogen-bond donors (Lipinski definition) is 2. The van der Waals surface area contributed by atoms with E-state index in [1.54, 1.807) is 30.3 Å². The standard InChI is InChI=1S/C67H92Cl2N6O6/c1-62(2,3)37-45-29-46(40-81-59(77)25-19-42-31-51(64(7,8)9)61(79)57(34-42)75-71-53-23-21-48(69)36-55(53)73-75)49(32-45)67(14,15)66(12,13)39-44-17-16-43(28-44)38-65(10,11)26-27-80-58(76)24-18-41-30-50(63(4,5)6)60(78)56(33-41)74-70-52-22-20-47(68)35-54(52)72-74/h20-23,30-31,33-36,43-46,49,78-79H,16-19,24-29,32,37-40H2,1-15H3. The monoisotopic (exact) mass is 1150 g/mol. The van der Waals surface area contributed by atoms with Gasteiger partial charge in [0.2, 0.25) is 0 Å². The number of nitrogens with zero attached hydrogens (tertiary/aromatic N) is 6.